The van der Waals surface area contributed by atoms with E-state index >= 15 is 0 Å². The quantitative estimate of drug-likeness (QED) is 0.772. The van der Waals surface area contributed by atoms with Crippen LogP contribution in [-0.2, 0) is 19.1 Å². The first-order valence-corrected chi connectivity index (χ1v) is 6.91. The van der Waals surface area contributed by atoms with E-state index in [1.165, 1.54) is 0 Å². The molecular weight excluding hydrogens is 262 g/mol. The Morgan fingerprint density at radius 2 is 1.70 bits per heavy atom. The van der Waals surface area contributed by atoms with Crippen LogP contribution in [0.4, 0.5) is 0 Å². The molecule has 0 aromatic rings. The van der Waals surface area contributed by atoms with Crippen LogP contribution in [0.3, 0.4) is 0 Å². The number of esters is 1. The molecule has 0 radical (unpaired) electrons. The van der Waals surface area contributed by atoms with E-state index < -0.39 is 23.5 Å². The van der Waals surface area contributed by atoms with E-state index in [2.05, 4.69) is 0 Å². The van der Waals surface area contributed by atoms with Crippen molar-refractivity contribution in [1.29, 1.82) is 0 Å². The highest BCUT2D eigenvalue weighted by Crippen LogP contribution is 2.18. The molecule has 20 heavy (non-hydrogen) atoms. The fourth-order valence-electron chi connectivity index (χ4n) is 2.14. The van der Waals surface area contributed by atoms with Gasteiger partial charge in [-0.3, -0.25) is 14.4 Å². The van der Waals surface area contributed by atoms with E-state index in [1.54, 1.807) is 25.7 Å². The predicted octanol–water partition coefficient (Wildman–Crippen LogP) is 1.43. The molecule has 6 nitrogen and oxygen atoms in total. The van der Waals surface area contributed by atoms with Crippen molar-refractivity contribution < 1.29 is 24.2 Å². The second-order valence-corrected chi connectivity index (χ2v) is 6.12. The number of carbonyl (C=O) groups is 3. The third kappa shape index (κ3) is 5.59. The number of carboxylic acid groups (broad SMARTS) is 1. The van der Waals surface area contributed by atoms with Crippen LogP contribution in [0.2, 0.25) is 0 Å². The Bertz CT molecular complexity index is 380. The van der Waals surface area contributed by atoms with Gasteiger partial charge in [0.25, 0.3) is 0 Å². The van der Waals surface area contributed by atoms with Crippen molar-refractivity contribution >= 4 is 17.8 Å². The maximum atomic E-state index is 11.9. The Hall–Kier alpha value is -1.59. The van der Waals surface area contributed by atoms with Gasteiger partial charge in [-0.25, -0.2) is 0 Å². The highest BCUT2D eigenvalue weighted by Gasteiger charge is 2.29. The highest BCUT2D eigenvalue weighted by molar-refractivity contribution is 5.85. The number of likely N-dealkylation sites (tertiary alicyclic amines) is 1. The molecule has 114 valence electrons. The first-order chi connectivity index (χ1) is 9.19. The van der Waals surface area contributed by atoms with Crippen molar-refractivity contribution in [3.8, 4) is 0 Å². The fourth-order valence-corrected chi connectivity index (χ4v) is 2.14. The summed E-state index contributed by atoms with van der Waals surface area (Å²) in [4.78, 5) is 36.4. The van der Waals surface area contributed by atoms with E-state index in [0.29, 0.717) is 13.1 Å². The van der Waals surface area contributed by atoms with Gasteiger partial charge in [-0.1, -0.05) is 0 Å². The fraction of sp³-hybridized carbons (Fsp3) is 0.786. The van der Waals surface area contributed by atoms with E-state index in [4.69, 9.17) is 9.84 Å². The van der Waals surface area contributed by atoms with Gasteiger partial charge < -0.3 is 14.7 Å². The molecule has 0 spiro atoms. The second-order valence-electron chi connectivity index (χ2n) is 6.12. The lowest BCUT2D eigenvalue weighted by Crippen LogP contribution is -2.33. The first kappa shape index (κ1) is 16.5. The van der Waals surface area contributed by atoms with Gasteiger partial charge >= 0.3 is 11.9 Å². The SMILES string of the molecule is CC(C)(C)OC(=O)C[C@@H](CC(=O)N1CCCC1)C(=O)O. The summed E-state index contributed by atoms with van der Waals surface area (Å²) >= 11 is 0. The summed E-state index contributed by atoms with van der Waals surface area (Å²) in [5, 5.41) is 9.13. The van der Waals surface area contributed by atoms with Gasteiger partial charge in [-0.05, 0) is 33.6 Å². The zero-order valence-corrected chi connectivity index (χ0v) is 12.3. The number of hydrogen-bond acceptors (Lipinski definition) is 4. The molecule has 0 bridgehead atoms. The summed E-state index contributed by atoms with van der Waals surface area (Å²) in [5.74, 6) is -2.93. The number of amides is 1. The molecule has 0 saturated carbocycles. The van der Waals surface area contributed by atoms with E-state index in [-0.39, 0.29) is 18.7 Å². The molecule has 0 aromatic heterocycles. The Kier molecular flexibility index (Phi) is 5.53. The van der Waals surface area contributed by atoms with Crippen LogP contribution < -0.4 is 0 Å². The molecule has 1 atom stereocenters. The van der Waals surface area contributed by atoms with Gasteiger partial charge in [0.15, 0.2) is 0 Å². The molecule has 1 heterocycles. The molecule has 1 aliphatic heterocycles. The minimum absolute atomic E-state index is 0.144. The Morgan fingerprint density at radius 3 is 2.15 bits per heavy atom. The number of hydrogen-bond donors (Lipinski definition) is 1. The van der Waals surface area contributed by atoms with Gasteiger partial charge in [0.1, 0.15) is 5.60 Å². The molecule has 1 saturated heterocycles. The maximum absolute atomic E-state index is 11.9. The van der Waals surface area contributed by atoms with Gasteiger partial charge in [0.2, 0.25) is 5.91 Å². The van der Waals surface area contributed by atoms with Crippen molar-refractivity contribution in [3.63, 3.8) is 0 Å². The van der Waals surface area contributed by atoms with Crippen LogP contribution in [-0.4, -0.2) is 46.5 Å². The Morgan fingerprint density at radius 1 is 1.15 bits per heavy atom. The van der Waals surface area contributed by atoms with E-state index in [0.717, 1.165) is 12.8 Å². The van der Waals surface area contributed by atoms with Crippen molar-refractivity contribution in [3.05, 3.63) is 0 Å². The predicted molar refractivity (Wildman–Crippen MR) is 72.0 cm³/mol. The third-order valence-corrected chi connectivity index (χ3v) is 3.06. The summed E-state index contributed by atoms with van der Waals surface area (Å²) in [6, 6.07) is 0. The molecule has 0 unspecified atom stereocenters. The number of ether oxygens (including phenoxy) is 1. The minimum atomic E-state index is -1.14. The molecule has 1 fully saturated rings. The number of rotatable bonds is 5. The number of aliphatic carboxylic acids is 1. The summed E-state index contributed by atoms with van der Waals surface area (Å²) in [6.45, 7) is 6.51. The topological polar surface area (TPSA) is 83.9 Å². The molecular formula is C14H23NO5. The second kappa shape index (κ2) is 6.72. The normalized spacial score (nSPS) is 16.9. The van der Waals surface area contributed by atoms with Gasteiger partial charge in [0, 0.05) is 19.5 Å². The molecule has 1 aliphatic rings. The lowest BCUT2D eigenvalue weighted by atomic mass is 10.0. The largest absolute Gasteiger partial charge is 0.481 e. The zero-order chi connectivity index (χ0) is 15.3. The standard InChI is InChI=1S/C14H23NO5/c1-14(2,3)20-12(17)9-10(13(18)19)8-11(16)15-6-4-5-7-15/h10H,4-9H2,1-3H3,(H,18,19)/t10-/m1/s1. The summed E-state index contributed by atoms with van der Waals surface area (Å²) in [6.07, 6.45) is 1.49. The summed E-state index contributed by atoms with van der Waals surface area (Å²) in [5.41, 5.74) is -0.654. The monoisotopic (exact) mass is 285 g/mol. The number of carboxylic acids is 1. The molecule has 6 heteroatoms. The molecule has 1 amide bonds. The number of carbonyl (C=O) groups excluding carboxylic acids is 2. The van der Waals surface area contributed by atoms with Crippen LogP contribution in [0.1, 0.15) is 46.5 Å². The van der Waals surface area contributed by atoms with Crippen molar-refractivity contribution in [2.75, 3.05) is 13.1 Å². The van der Waals surface area contributed by atoms with Crippen LogP contribution in [0.5, 0.6) is 0 Å². The average Bonchev–Trinajstić information content (AvgIpc) is 2.78. The highest BCUT2D eigenvalue weighted by atomic mass is 16.6. The summed E-state index contributed by atoms with van der Waals surface area (Å²) < 4.78 is 5.10. The summed E-state index contributed by atoms with van der Waals surface area (Å²) in [7, 11) is 0. The van der Waals surface area contributed by atoms with Crippen LogP contribution in [0, 0.1) is 5.92 Å². The van der Waals surface area contributed by atoms with Gasteiger partial charge in [0.05, 0.1) is 12.3 Å². The lowest BCUT2D eigenvalue weighted by molar-refractivity contribution is -0.160. The van der Waals surface area contributed by atoms with Gasteiger partial charge in [-0.15, -0.1) is 0 Å². The number of nitrogens with zero attached hydrogens (tertiary/aromatic N) is 1. The Labute approximate surface area is 119 Å². The molecule has 0 aromatic carbocycles. The minimum Gasteiger partial charge on any atom is -0.481 e. The van der Waals surface area contributed by atoms with Crippen LogP contribution >= 0.6 is 0 Å². The van der Waals surface area contributed by atoms with Crippen molar-refractivity contribution in [2.45, 2.75) is 52.1 Å². The average molecular weight is 285 g/mol. The smallest absolute Gasteiger partial charge is 0.307 e. The Balaban J connectivity index is 2.54. The van der Waals surface area contributed by atoms with Crippen LogP contribution in [0.15, 0.2) is 0 Å². The van der Waals surface area contributed by atoms with Crippen molar-refractivity contribution in [2.24, 2.45) is 5.92 Å². The van der Waals surface area contributed by atoms with E-state index in [9.17, 15) is 14.4 Å². The lowest BCUT2D eigenvalue weighted by Gasteiger charge is -2.22. The van der Waals surface area contributed by atoms with E-state index in [1.807, 2.05) is 0 Å². The zero-order valence-electron chi connectivity index (χ0n) is 12.3. The maximum Gasteiger partial charge on any atom is 0.307 e. The third-order valence-electron chi connectivity index (χ3n) is 3.06. The van der Waals surface area contributed by atoms with Crippen molar-refractivity contribution in [1.82, 2.24) is 4.90 Å². The first-order valence-electron chi connectivity index (χ1n) is 6.91. The molecule has 0 aliphatic carbocycles. The molecule has 1 rings (SSSR count). The van der Waals surface area contributed by atoms with Crippen LogP contribution in [0.25, 0.3) is 0 Å². The van der Waals surface area contributed by atoms with Gasteiger partial charge in [-0.2, -0.15) is 0 Å². The molecule has 1 N–H and O–H groups in total.